The van der Waals surface area contributed by atoms with E-state index in [0.717, 1.165) is 11.1 Å². The van der Waals surface area contributed by atoms with Gasteiger partial charge in [0.05, 0.1) is 0 Å². The SMILES string of the molecule is O=C(O)/C=C\C(=O)OC(=O)Nc1ccc(Cc2ccc(NC(=O)OC(=O)/C=C\C(=O)O)cc2)cc1. The van der Waals surface area contributed by atoms with Crippen LogP contribution in [0.1, 0.15) is 11.1 Å². The predicted octanol–water partition coefficient (Wildman–Crippen LogP) is 2.71. The highest BCUT2D eigenvalue weighted by atomic mass is 16.6. The number of rotatable bonds is 8. The fourth-order valence-corrected chi connectivity index (χ4v) is 2.46. The van der Waals surface area contributed by atoms with Gasteiger partial charge in [0, 0.05) is 35.7 Å². The van der Waals surface area contributed by atoms with Gasteiger partial charge in [-0.25, -0.2) is 28.8 Å². The number of anilines is 2. The molecular weight excluding hydrogens is 464 g/mol. The molecule has 2 aromatic carbocycles. The zero-order valence-electron chi connectivity index (χ0n) is 17.8. The predicted molar refractivity (Wildman–Crippen MR) is 119 cm³/mol. The Labute approximate surface area is 197 Å². The second-order valence-corrected chi connectivity index (χ2v) is 6.58. The molecule has 0 fully saturated rings. The second kappa shape index (κ2) is 12.7. The number of hydrogen-bond donors (Lipinski definition) is 4. The molecule has 12 nitrogen and oxygen atoms in total. The summed E-state index contributed by atoms with van der Waals surface area (Å²) in [5.74, 6) is -4.97. The summed E-state index contributed by atoms with van der Waals surface area (Å²) in [6.45, 7) is 0. The molecule has 2 rings (SSSR count). The Hall–Kier alpha value is -5.26. The fraction of sp³-hybridized carbons (Fsp3) is 0.0435. The van der Waals surface area contributed by atoms with Crippen molar-refractivity contribution in [2.75, 3.05) is 10.6 Å². The average Bonchev–Trinajstić information content (AvgIpc) is 2.79. The van der Waals surface area contributed by atoms with E-state index in [2.05, 4.69) is 20.1 Å². The van der Waals surface area contributed by atoms with Crippen LogP contribution in [0.3, 0.4) is 0 Å². The van der Waals surface area contributed by atoms with Crippen molar-refractivity contribution < 1.29 is 48.5 Å². The zero-order valence-corrected chi connectivity index (χ0v) is 17.8. The Morgan fingerprint density at radius 2 is 0.943 bits per heavy atom. The van der Waals surface area contributed by atoms with Crippen LogP contribution < -0.4 is 10.6 Å². The Balaban J connectivity index is 1.85. The highest BCUT2D eigenvalue weighted by Gasteiger charge is 2.10. The van der Waals surface area contributed by atoms with Crippen molar-refractivity contribution >= 4 is 47.4 Å². The molecule has 0 atom stereocenters. The van der Waals surface area contributed by atoms with Gasteiger partial charge in [0.25, 0.3) is 0 Å². The van der Waals surface area contributed by atoms with Crippen molar-refractivity contribution in [2.24, 2.45) is 0 Å². The van der Waals surface area contributed by atoms with E-state index in [1.807, 2.05) is 0 Å². The molecule has 12 heteroatoms. The van der Waals surface area contributed by atoms with E-state index in [4.69, 9.17) is 10.2 Å². The first-order chi connectivity index (χ1) is 16.6. The van der Waals surface area contributed by atoms with E-state index < -0.39 is 36.1 Å². The van der Waals surface area contributed by atoms with Crippen LogP contribution in [0.25, 0.3) is 0 Å². The molecule has 0 saturated carbocycles. The van der Waals surface area contributed by atoms with Crippen LogP contribution in [0.15, 0.2) is 72.8 Å². The number of ether oxygens (including phenoxy) is 2. The normalized spacial score (nSPS) is 10.5. The van der Waals surface area contributed by atoms with Crippen molar-refractivity contribution in [1.29, 1.82) is 0 Å². The van der Waals surface area contributed by atoms with Crippen molar-refractivity contribution in [2.45, 2.75) is 6.42 Å². The number of carbonyl (C=O) groups is 6. The van der Waals surface area contributed by atoms with Gasteiger partial charge in [-0.2, -0.15) is 0 Å². The molecule has 35 heavy (non-hydrogen) atoms. The molecular formula is C23H18N2O10. The molecule has 0 radical (unpaired) electrons. The molecule has 0 aromatic heterocycles. The number of esters is 2. The molecule has 0 saturated heterocycles. The largest absolute Gasteiger partial charge is 0.478 e. The van der Waals surface area contributed by atoms with E-state index in [0.29, 0.717) is 42.1 Å². The van der Waals surface area contributed by atoms with Gasteiger partial charge in [-0.3, -0.25) is 10.6 Å². The molecule has 0 unspecified atom stereocenters. The summed E-state index contributed by atoms with van der Waals surface area (Å²) in [4.78, 5) is 66.5. The third-order valence-electron chi connectivity index (χ3n) is 3.92. The van der Waals surface area contributed by atoms with Gasteiger partial charge in [0.15, 0.2) is 0 Å². The number of carboxylic acid groups (broad SMARTS) is 2. The Kier molecular flexibility index (Phi) is 9.43. The number of nitrogens with one attached hydrogen (secondary N) is 2. The molecule has 0 spiro atoms. The van der Waals surface area contributed by atoms with Crippen LogP contribution in [-0.4, -0.2) is 46.3 Å². The zero-order chi connectivity index (χ0) is 25.8. The molecule has 4 N–H and O–H groups in total. The summed E-state index contributed by atoms with van der Waals surface area (Å²) in [5.41, 5.74) is 2.44. The minimum absolute atomic E-state index is 0.347. The maximum absolute atomic E-state index is 11.7. The van der Waals surface area contributed by atoms with Crippen LogP contribution in [-0.2, 0) is 35.1 Å². The number of hydrogen-bond acceptors (Lipinski definition) is 8. The summed E-state index contributed by atoms with van der Waals surface area (Å²) in [6.07, 6.45) is 0.664. The molecule has 0 aliphatic rings. The minimum Gasteiger partial charge on any atom is -0.478 e. The van der Waals surface area contributed by atoms with Crippen LogP contribution in [0, 0.1) is 0 Å². The summed E-state index contributed by atoms with van der Waals surface area (Å²) in [7, 11) is 0. The smallest absolute Gasteiger partial charge is 0.419 e. The topological polar surface area (TPSA) is 185 Å². The molecule has 0 aliphatic carbocycles. The van der Waals surface area contributed by atoms with Gasteiger partial charge in [-0.15, -0.1) is 0 Å². The van der Waals surface area contributed by atoms with Gasteiger partial charge in [-0.05, 0) is 41.8 Å². The molecule has 0 heterocycles. The van der Waals surface area contributed by atoms with Crippen LogP contribution in [0.4, 0.5) is 21.0 Å². The van der Waals surface area contributed by atoms with E-state index in [1.165, 1.54) is 0 Å². The van der Waals surface area contributed by atoms with Crippen molar-refractivity contribution in [3.8, 4) is 0 Å². The summed E-state index contributed by atoms with van der Waals surface area (Å²) < 4.78 is 8.78. The van der Waals surface area contributed by atoms with Crippen LogP contribution >= 0.6 is 0 Å². The first-order valence-corrected chi connectivity index (χ1v) is 9.66. The second-order valence-electron chi connectivity index (χ2n) is 6.58. The Morgan fingerprint density at radius 3 is 1.26 bits per heavy atom. The lowest BCUT2D eigenvalue weighted by molar-refractivity contribution is -0.134. The lowest BCUT2D eigenvalue weighted by atomic mass is 10.0. The van der Waals surface area contributed by atoms with Crippen LogP contribution in [0.2, 0.25) is 0 Å². The van der Waals surface area contributed by atoms with Gasteiger partial charge in [0.1, 0.15) is 0 Å². The molecule has 2 aromatic rings. The summed E-state index contributed by atoms with van der Waals surface area (Å²) in [5, 5.41) is 21.5. The maximum Gasteiger partial charge on any atom is 0.419 e. The van der Waals surface area contributed by atoms with Gasteiger partial charge < -0.3 is 19.7 Å². The van der Waals surface area contributed by atoms with E-state index in [-0.39, 0.29) is 0 Å². The van der Waals surface area contributed by atoms with E-state index in [1.54, 1.807) is 48.5 Å². The first-order valence-electron chi connectivity index (χ1n) is 9.66. The van der Waals surface area contributed by atoms with Gasteiger partial charge in [0.2, 0.25) is 0 Å². The number of carbonyl (C=O) groups excluding carboxylic acids is 4. The fourth-order valence-electron chi connectivity index (χ4n) is 2.46. The first kappa shape index (κ1) is 26.0. The van der Waals surface area contributed by atoms with Gasteiger partial charge in [-0.1, -0.05) is 24.3 Å². The Morgan fingerprint density at radius 1 is 0.600 bits per heavy atom. The lowest BCUT2D eigenvalue weighted by Crippen LogP contribution is -2.17. The highest BCUT2D eigenvalue weighted by molar-refractivity contribution is 6.00. The maximum atomic E-state index is 11.7. The minimum atomic E-state index is -1.36. The van der Waals surface area contributed by atoms with Gasteiger partial charge >= 0.3 is 36.1 Å². The summed E-state index contributed by atoms with van der Waals surface area (Å²) in [6, 6.07) is 13.2. The van der Waals surface area contributed by atoms with Crippen molar-refractivity contribution in [3.63, 3.8) is 0 Å². The molecule has 2 amide bonds. The molecule has 180 valence electrons. The third-order valence-corrected chi connectivity index (χ3v) is 3.92. The van der Waals surface area contributed by atoms with E-state index in [9.17, 15) is 28.8 Å². The quantitative estimate of drug-likeness (QED) is 0.248. The molecule has 0 aliphatic heterocycles. The third kappa shape index (κ3) is 10.3. The Bertz CT molecular complexity index is 1090. The number of carboxylic acids is 2. The van der Waals surface area contributed by atoms with E-state index >= 15 is 0 Å². The molecule has 0 bridgehead atoms. The van der Waals surface area contributed by atoms with Crippen molar-refractivity contribution in [3.05, 3.63) is 84.0 Å². The highest BCUT2D eigenvalue weighted by Crippen LogP contribution is 2.16. The summed E-state index contributed by atoms with van der Waals surface area (Å²) >= 11 is 0. The van der Waals surface area contributed by atoms with Crippen molar-refractivity contribution in [1.82, 2.24) is 0 Å². The lowest BCUT2D eigenvalue weighted by Gasteiger charge is -2.08. The monoisotopic (exact) mass is 482 g/mol. The number of aliphatic carboxylic acids is 2. The average molecular weight is 482 g/mol. The standard InChI is InChI=1S/C23H18N2O10/c26-18(27)9-11-20(30)34-22(32)24-16-5-1-14(2-6-16)13-15-3-7-17(8-4-15)25-23(33)35-21(31)12-10-19(28)29/h1-12H,13H2,(H,24,32)(H,25,33)(H,26,27)(H,28,29)/b11-9-,12-10-. The van der Waals surface area contributed by atoms with Crippen LogP contribution in [0.5, 0.6) is 0 Å². The number of amides is 2. The number of benzene rings is 2.